The number of amides is 1. The van der Waals surface area contributed by atoms with Gasteiger partial charge in [-0.3, -0.25) is 4.79 Å². The molecule has 8 heteroatoms. The molecule has 0 atom stereocenters. The van der Waals surface area contributed by atoms with Crippen LogP contribution in [-0.2, 0) is 0 Å². The molecule has 0 aliphatic heterocycles. The van der Waals surface area contributed by atoms with Crippen molar-refractivity contribution in [3.63, 3.8) is 0 Å². The summed E-state index contributed by atoms with van der Waals surface area (Å²) in [5.41, 5.74) is 11.7. The Morgan fingerprint density at radius 1 is 1.03 bits per heavy atom. The highest BCUT2D eigenvalue weighted by Crippen LogP contribution is 2.41. The van der Waals surface area contributed by atoms with Crippen LogP contribution in [0.5, 0.6) is 5.75 Å². The van der Waals surface area contributed by atoms with Gasteiger partial charge in [-0.2, -0.15) is 0 Å². The number of nitrogens with zero attached hydrogens (tertiary/aromatic N) is 2. The van der Waals surface area contributed by atoms with Crippen molar-refractivity contribution < 1.29 is 9.53 Å². The Kier molecular flexibility index (Phi) is 6.11. The van der Waals surface area contributed by atoms with E-state index in [-0.39, 0.29) is 5.91 Å². The SMILES string of the molecule is COc1ccc(-c2cc(-c3ccc(C)cc3)c3c(N)c(C(=O)Nc4ccc(Cl)cn4)sc3n2)cc1. The van der Waals surface area contributed by atoms with Crippen LogP contribution in [0.2, 0.25) is 5.02 Å². The van der Waals surface area contributed by atoms with E-state index < -0.39 is 0 Å². The maximum absolute atomic E-state index is 13.1. The van der Waals surface area contributed by atoms with Gasteiger partial charge in [0.05, 0.1) is 23.5 Å². The number of nitrogen functional groups attached to an aromatic ring is 1. The Bertz CT molecular complexity index is 1530. The van der Waals surface area contributed by atoms with Gasteiger partial charge in [0.2, 0.25) is 0 Å². The smallest absolute Gasteiger partial charge is 0.269 e. The number of carbonyl (C=O) groups is 1. The van der Waals surface area contributed by atoms with Crippen LogP contribution in [0.25, 0.3) is 32.6 Å². The van der Waals surface area contributed by atoms with Gasteiger partial charge in [0, 0.05) is 17.1 Å². The predicted octanol–water partition coefficient (Wildman–Crippen LogP) is 6.83. The molecule has 1 amide bonds. The monoisotopic (exact) mass is 500 g/mol. The number of anilines is 2. The molecule has 174 valence electrons. The summed E-state index contributed by atoms with van der Waals surface area (Å²) in [5.74, 6) is 0.812. The fourth-order valence-corrected chi connectivity index (χ4v) is 4.91. The molecule has 3 aromatic heterocycles. The second kappa shape index (κ2) is 9.37. The number of rotatable bonds is 5. The van der Waals surface area contributed by atoms with Gasteiger partial charge in [-0.1, -0.05) is 41.4 Å². The highest BCUT2D eigenvalue weighted by molar-refractivity contribution is 7.21. The molecular weight excluding hydrogens is 480 g/mol. The van der Waals surface area contributed by atoms with Gasteiger partial charge in [-0.05, 0) is 60.5 Å². The summed E-state index contributed by atoms with van der Waals surface area (Å²) in [6, 6.07) is 21.2. The van der Waals surface area contributed by atoms with Crippen molar-refractivity contribution in [1.82, 2.24) is 9.97 Å². The molecule has 2 aromatic carbocycles. The highest BCUT2D eigenvalue weighted by atomic mass is 35.5. The average molecular weight is 501 g/mol. The van der Waals surface area contributed by atoms with E-state index >= 15 is 0 Å². The summed E-state index contributed by atoms with van der Waals surface area (Å²) in [4.78, 5) is 23.2. The summed E-state index contributed by atoms with van der Waals surface area (Å²) in [7, 11) is 1.63. The third-order valence-electron chi connectivity index (χ3n) is 5.62. The van der Waals surface area contributed by atoms with Crippen molar-refractivity contribution in [3.8, 4) is 28.1 Å². The number of hydrogen-bond acceptors (Lipinski definition) is 6. The maximum atomic E-state index is 13.1. The van der Waals surface area contributed by atoms with Crippen LogP contribution in [-0.4, -0.2) is 23.0 Å². The number of benzene rings is 2. The molecular formula is C27H21ClN4O2S. The van der Waals surface area contributed by atoms with E-state index in [9.17, 15) is 4.79 Å². The van der Waals surface area contributed by atoms with E-state index in [0.717, 1.165) is 39.1 Å². The topological polar surface area (TPSA) is 90.1 Å². The standard InChI is InChI=1S/C27H21ClN4O2S/c1-15-3-5-16(6-4-15)20-13-21(17-7-10-19(34-2)11-8-17)31-27-23(20)24(29)25(35-27)26(33)32-22-12-9-18(28)14-30-22/h3-14H,29H2,1-2H3,(H,30,32,33). The van der Waals surface area contributed by atoms with Gasteiger partial charge in [-0.15, -0.1) is 11.3 Å². The molecule has 0 radical (unpaired) electrons. The van der Waals surface area contributed by atoms with Gasteiger partial charge >= 0.3 is 0 Å². The van der Waals surface area contributed by atoms with Crippen LogP contribution in [0.3, 0.4) is 0 Å². The molecule has 0 aliphatic carbocycles. The largest absolute Gasteiger partial charge is 0.497 e. The van der Waals surface area contributed by atoms with Crippen LogP contribution in [0, 0.1) is 6.92 Å². The number of nitrogens with one attached hydrogen (secondary N) is 1. The number of carbonyl (C=O) groups excluding carboxylic acids is 1. The summed E-state index contributed by atoms with van der Waals surface area (Å²) < 4.78 is 5.29. The number of halogens is 1. The lowest BCUT2D eigenvalue weighted by Gasteiger charge is -2.10. The van der Waals surface area contributed by atoms with Crippen molar-refractivity contribution >= 4 is 50.6 Å². The van der Waals surface area contributed by atoms with Crippen LogP contribution < -0.4 is 15.8 Å². The van der Waals surface area contributed by atoms with Crippen LogP contribution >= 0.6 is 22.9 Å². The Hall–Kier alpha value is -3.94. The number of hydrogen-bond donors (Lipinski definition) is 2. The molecule has 0 unspecified atom stereocenters. The van der Waals surface area contributed by atoms with Crippen molar-refractivity contribution in [2.24, 2.45) is 0 Å². The summed E-state index contributed by atoms with van der Waals surface area (Å²) in [6.45, 7) is 2.04. The molecule has 0 fully saturated rings. The minimum absolute atomic E-state index is 0.346. The Labute approximate surface area is 211 Å². The zero-order chi connectivity index (χ0) is 24.5. The van der Waals surface area contributed by atoms with Crippen LogP contribution in [0.4, 0.5) is 11.5 Å². The van der Waals surface area contributed by atoms with Gasteiger partial charge in [0.25, 0.3) is 5.91 Å². The van der Waals surface area contributed by atoms with E-state index in [1.165, 1.54) is 17.5 Å². The van der Waals surface area contributed by atoms with E-state index in [4.69, 9.17) is 27.1 Å². The number of ether oxygens (including phenoxy) is 1. The third kappa shape index (κ3) is 4.56. The van der Waals surface area contributed by atoms with E-state index in [1.807, 2.05) is 37.3 Å². The molecule has 0 saturated carbocycles. The van der Waals surface area contributed by atoms with E-state index in [1.54, 1.807) is 19.2 Å². The first-order chi connectivity index (χ1) is 16.9. The lowest BCUT2D eigenvalue weighted by atomic mass is 9.98. The molecule has 6 nitrogen and oxygen atoms in total. The lowest BCUT2D eigenvalue weighted by Crippen LogP contribution is -2.12. The quantitative estimate of drug-likeness (QED) is 0.276. The summed E-state index contributed by atoms with van der Waals surface area (Å²) >= 11 is 7.16. The van der Waals surface area contributed by atoms with Gasteiger partial charge in [0.1, 0.15) is 21.3 Å². The molecule has 5 rings (SSSR count). The average Bonchev–Trinajstić information content (AvgIpc) is 3.22. The third-order valence-corrected chi connectivity index (χ3v) is 6.94. The molecule has 0 spiro atoms. The Balaban J connectivity index is 1.65. The Morgan fingerprint density at radius 2 is 1.74 bits per heavy atom. The number of aromatic nitrogens is 2. The number of methoxy groups -OCH3 is 1. The lowest BCUT2D eigenvalue weighted by molar-refractivity contribution is 0.103. The van der Waals surface area contributed by atoms with E-state index in [2.05, 4.69) is 34.6 Å². The number of thiophene rings is 1. The molecule has 0 bridgehead atoms. The summed E-state index contributed by atoms with van der Waals surface area (Å²) in [6.07, 6.45) is 1.48. The maximum Gasteiger partial charge on any atom is 0.269 e. The molecule has 35 heavy (non-hydrogen) atoms. The fraction of sp³-hybridized carbons (Fsp3) is 0.0741. The van der Waals surface area contributed by atoms with Crippen molar-refractivity contribution in [2.45, 2.75) is 6.92 Å². The fourth-order valence-electron chi connectivity index (χ4n) is 3.78. The first kappa shape index (κ1) is 22.8. The minimum Gasteiger partial charge on any atom is -0.497 e. The van der Waals surface area contributed by atoms with Gasteiger partial charge in [-0.25, -0.2) is 9.97 Å². The van der Waals surface area contributed by atoms with Gasteiger partial charge in [0.15, 0.2) is 0 Å². The zero-order valence-corrected chi connectivity index (χ0v) is 20.6. The van der Waals surface area contributed by atoms with Crippen molar-refractivity contribution in [3.05, 3.63) is 88.4 Å². The summed E-state index contributed by atoms with van der Waals surface area (Å²) in [5, 5.41) is 4.04. The zero-order valence-electron chi connectivity index (χ0n) is 19.0. The molecule has 3 N–H and O–H groups in total. The van der Waals surface area contributed by atoms with Crippen molar-refractivity contribution in [1.29, 1.82) is 0 Å². The second-order valence-corrected chi connectivity index (χ2v) is 9.43. The first-order valence-corrected chi connectivity index (χ1v) is 12.0. The van der Waals surface area contributed by atoms with Crippen LogP contribution in [0.15, 0.2) is 72.9 Å². The highest BCUT2D eigenvalue weighted by Gasteiger charge is 2.22. The molecule has 0 saturated heterocycles. The van der Waals surface area contributed by atoms with E-state index in [0.29, 0.717) is 26.2 Å². The van der Waals surface area contributed by atoms with Gasteiger partial charge < -0.3 is 15.8 Å². The second-order valence-electron chi connectivity index (χ2n) is 7.99. The predicted molar refractivity (Wildman–Crippen MR) is 143 cm³/mol. The Morgan fingerprint density at radius 3 is 2.40 bits per heavy atom. The number of fused-ring (bicyclic) bond motifs is 1. The molecule has 0 aliphatic rings. The number of nitrogens with two attached hydrogens (primary N) is 1. The van der Waals surface area contributed by atoms with Crippen molar-refractivity contribution in [2.75, 3.05) is 18.2 Å². The van der Waals surface area contributed by atoms with Crippen LogP contribution in [0.1, 0.15) is 15.2 Å². The number of aryl methyl sites for hydroxylation is 1. The minimum atomic E-state index is -0.346. The molecule has 3 heterocycles. The molecule has 5 aromatic rings. The number of pyridine rings is 2. The normalized spacial score (nSPS) is 10.9. The first-order valence-electron chi connectivity index (χ1n) is 10.8.